The van der Waals surface area contributed by atoms with Gasteiger partial charge in [-0.05, 0) is 25.7 Å². The van der Waals surface area contributed by atoms with Crippen LogP contribution in [0.2, 0.25) is 0 Å². The summed E-state index contributed by atoms with van der Waals surface area (Å²) in [4.78, 5) is 0. The highest BCUT2D eigenvalue weighted by Gasteiger charge is 2.13. The molecule has 0 aliphatic heterocycles. The lowest BCUT2D eigenvalue weighted by Crippen LogP contribution is -3.00. The Kier molecular flexibility index (Phi) is 42.9. The summed E-state index contributed by atoms with van der Waals surface area (Å²) >= 11 is 0. The van der Waals surface area contributed by atoms with Gasteiger partial charge in [-0.3, -0.25) is 0 Å². The Bertz CT molecular complexity index is 404. The zero-order valence-corrected chi connectivity index (χ0v) is 31.0. The van der Waals surface area contributed by atoms with Gasteiger partial charge in [0.05, 0.1) is 27.2 Å². The fourth-order valence-corrected chi connectivity index (χ4v) is 6.29. The van der Waals surface area contributed by atoms with Gasteiger partial charge in [-0.1, -0.05) is 194 Å². The monoisotopic (exact) mass is 648 g/mol. The van der Waals surface area contributed by atoms with Crippen molar-refractivity contribution in [1.82, 2.24) is 0 Å². The minimum absolute atomic E-state index is 0. The fraction of sp³-hybridized carbons (Fsp3) is 1.00. The predicted molar refractivity (Wildman–Crippen MR) is 185 cm³/mol. The van der Waals surface area contributed by atoms with Crippen LogP contribution in [0.3, 0.4) is 0 Å². The van der Waals surface area contributed by atoms with E-state index in [2.05, 4.69) is 27.9 Å². The van der Waals surface area contributed by atoms with Crippen LogP contribution >= 0.6 is 0 Å². The summed E-state index contributed by atoms with van der Waals surface area (Å²) < 4.78 is 1.25. The molecule has 0 saturated carbocycles. The first-order valence-corrected chi connectivity index (χ1v) is 18.9. The van der Waals surface area contributed by atoms with Crippen LogP contribution in [0.5, 0.6) is 0 Å². The maximum Gasteiger partial charge on any atom is 0.0782 e. The second-order valence-corrected chi connectivity index (χ2v) is 14.0. The molecule has 0 amide bonds. The second kappa shape index (κ2) is 38.4. The van der Waals surface area contributed by atoms with Crippen LogP contribution in [0.25, 0.3) is 0 Å². The van der Waals surface area contributed by atoms with Crippen LogP contribution in [0.4, 0.5) is 0 Å². The predicted octanol–water partition coefficient (Wildman–Crippen LogP) is 9.77. The smallest absolute Gasteiger partial charge is 0.0782 e. The van der Waals surface area contributed by atoms with Crippen molar-refractivity contribution in [3.05, 3.63) is 0 Å². The molecule has 0 radical (unpaired) electrons. The van der Waals surface area contributed by atoms with Crippen molar-refractivity contribution in [3.63, 3.8) is 0 Å². The largest absolute Gasteiger partial charge is 1.00 e. The minimum atomic E-state index is 0. The van der Waals surface area contributed by atoms with E-state index < -0.39 is 0 Å². The Morgan fingerprint density at radius 2 is 0.415 bits per heavy atom. The molecule has 252 valence electrons. The molecular formula is C38H82BrNO. The molecule has 0 aromatic carbocycles. The summed E-state index contributed by atoms with van der Waals surface area (Å²) in [6.07, 6.45) is 46.9. The first-order chi connectivity index (χ1) is 19.1. The number of rotatable bonds is 34. The Morgan fingerprint density at radius 1 is 0.268 bits per heavy atom. The van der Waals surface area contributed by atoms with Gasteiger partial charge in [0.15, 0.2) is 0 Å². The van der Waals surface area contributed by atoms with Gasteiger partial charge in [-0.15, -0.1) is 0 Å². The summed E-state index contributed by atoms with van der Waals surface area (Å²) in [5.41, 5.74) is 0. The fourth-order valence-electron chi connectivity index (χ4n) is 6.29. The molecule has 0 aromatic heterocycles. The molecule has 0 heterocycles. The van der Waals surface area contributed by atoms with Crippen LogP contribution in [0.1, 0.15) is 219 Å². The van der Waals surface area contributed by atoms with E-state index in [-0.39, 0.29) is 22.5 Å². The zero-order valence-electron chi connectivity index (χ0n) is 29.4. The average Bonchev–Trinajstić information content (AvgIpc) is 2.92. The standard InChI is InChI=1S/C38H80N.BrH.H2O/c1-5-7-9-11-13-15-17-19-21-23-25-27-29-31-33-35-37-39(3,4)38-36-34-32-30-28-26-24-22-20-18-16-14-12-10-8-6-2;;/h5-38H2,1-4H3;1H;1H2/q+1;;/p-1. The number of hydrogen-bond acceptors (Lipinski definition) is 0. The molecule has 0 saturated heterocycles. The molecule has 0 spiro atoms. The molecule has 0 atom stereocenters. The maximum atomic E-state index is 2.47. The topological polar surface area (TPSA) is 31.5 Å². The zero-order chi connectivity index (χ0) is 28.5. The third-order valence-electron chi connectivity index (χ3n) is 9.23. The lowest BCUT2D eigenvalue weighted by atomic mass is 10.0. The van der Waals surface area contributed by atoms with E-state index >= 15 is 0 Å². The molecule has 41 heavy (non-hydrogen) atoms. The van der Waals surface area contributed by atoms with E-state index in [1.165, 1.54) is 223 Å². The Balaban J connectivity index is -0.00000722. The molecule has 0 aliphatic rings. The molecule has 0 aliphatic carbocycles. The highest BCUT2D eigenvalue weighted by atomic mass is 79.9. The van der Waals surface area contributed by atoms with Gasteiger partial charge in [0.25, 0.3) is 0 Å². The summed E-state index contributed by atoms with van der Waals surface area (Å²) in [6, 6.07) is 0. The van der Waals surface area contributed by atoms with Crippen LogP contribution in [0.15, 0.2) is 0 Å². The number of hydrogen-bond donors (Lipinski definition) is 0. The van der Waals surface area contributed by atoms with Crippen molar-refractivity contribution in [1.29, 1.82) is 0 Å². The first kappa shape index (κ1) is 45.8. The van der Waals surface area contributed by atoms with E-state index in [0.29, 0.717) is 0 Å². The third-order valence-corrected chi connectivity index (χ3v) is 9.23. The van der Waals surface area contributed by atoms with Crippen molar-refractivity contribution >= 4 is 0 Å². The van der Waals surface area contributed by atoms with E-state index in [0.717, 1.165) is 0 Å². The van der Waals surface area contributed by atoms with Crippen molar-refractivity contribution < 1.29 is 26.9 Å². The van der Waals surface area contributed by atoms with Gasteiger partial charge in [0.2, 0.25) is 0 Å². The van der Waals surface area contributed by atoms with E-state index in [1.54, 1.807) is 0 Å². The molecular weight excluding hydrogens is 566 g/mol. The van der Waals surface area contributed by atoms with Gasteiger partial charge in [-0.25, -0.2) is 0 Å². The van der Waals surface area contributed by atoms with E-state index in [1.807, 2.05) is 0 Å². The molecule has 0 unspecified atom stereocenters. The van der Waals surface area contributed by atoms with E-state index in [4.69, 9.17) is 0 Å². The molecule has 0 rings (SSSR count). The molecule has 0 fully saturated rings. The Labute approximate surface area is 272 Å². The summed E-state index contributed by atoms with van der Waals surface area (Å²) in [6.45, 7) is 7.39. The van der Waals surface area contributed by atoms with Crippen molar-refractivity contribution in [2.24, 2.45) is 0 Å². The van der Waals surface area contributed by atoms with Gasteiger partial charge < -0.3 is 26.9 Å². The van der Waals surface area contributed by atoms with Crippen LogP contribution in [-0.2, 0) is 0 Å². The normalized spacial score (nSPS) is 11.4. The van der Waals surface area contributed by atoms with Crippen LogP contribution in [-0.4, -0.2) is 37.1 Å². The van der Waals surface area contributed by atoms with Crippen molar-refractivity contribution in [2.75, 3.05) is 27.2 Å². The SMILES string of the molecule is CCCCCCCCCCCCCCCCCC[N+](C)(C)CCCCCCCCCCCCCCCCCC.O.[Br-]. The van der Waals surface area contributed by atoms with Crippen LogP contribution in [0, 0.1) is 0 Å². The second-order valence-electron chi connectivity index (χ2n) is 14.0. The Morgan fingerprint density at radius 3 is 0.585 bits per heavy atom. The highest BCUT2D eigenvalue weighted by Crippen LogP contribution is 2.16. The Hall–Kier alpha value is 0.400. The maximum absolute atomic E-state index is 2.47. The average molecular weight is 649 g/mol. The van der Waals surface area contributed by atoms with Crippen LogP contribution < -0.4 is 17.0 Å². The minimum Gasteiger partial charge on any atom is -1.00 e. The number of halogens is 1. The molecule has 0 aromatic rings. The summed E-state index contributed by atoms with van der Waals surface area (Å²) in [7, 11) is 4.94. The molecule has 2 N–H and O–H groups in total. The first-order valence-electron chi connectivity index (χ1n) is 18.9. The van der Waals surface area contributed by atoms with Crippen molar-refractivity contribution in [2.45, 2.75) is 219 Å². The summed E-state index contributed by atoms with van der Waals surface area (Å²) in [5.74, 6) is 0. The number of unbranched alkanes of at least 4 members (excludes halogenated alkanes) is 30. The number of nitrogens with zero attached hydrogens (tertiary/aromatic N) is 1. The highest BCUT2D eigenvalue weighted by molar-refractivity contribution is 4.52. The van der Waals surface area contributed by atoms with Gasteiger partial charge in [0, 0.05) is 0 Å². The molecule has 0 bridgehead atoms. The third kappa shape index (κ3) is 40.4. The number of quaternary nitrogens is 1. The van der Waals surface area contributed by atoms with Crippen molar-refractivity contribution in [3.8, 4) is 0 Å². The lowest BCUT2D eigenvalue weighted by Gasteiger charge is -2.30. The quantitative estimate of drug-likeness (QED) is 0.0492. The van der Waals surface area contributed by atoms with Gasteiger partial charge in [0.1, 0.15) is 0 Å². The van der Waals surface area contributed by atoms with E-state index in [9.17, 15) is 0 Å². The van der Waals surface area contributed by atoms with Gasteiger partial charge in [-0.2, -0.15) is 0 Å². The summed E-state index contributed by atoms with van der Waals surface area (Å²) in [5, 5.41) is 0. The molecule has 3 heteroatoms. The molecule has 2 nitrogen and oxygen atoms in total. The lowest BCUT2D eigenvalue weighted by molar-refractivity contribution is -0.890. The van der Waals surface area contributed by atoms with Gasteiger partial charge >= 0.3 is 0 Å².